The Morgan fingerprint density at radius 2 is 2.00 bits per heavy atom. The second-order valence-corrected chi connectivity index (χ2v) is 7.78. The van der Waals surface area contributed by atoms with Gasteiger partial charge >= 0.3 is 10.4 Å². The smallest absolute Gasteiger partial charge is 0.394 e. The van der Waals surface area contributed by atoms with Crippen LogP contribution in [0.15, 0.2) is 43.0 Å². The van der Waals surface area contributed by atoms with Crippen molar-refractivity contribution in [1.82, 2.24) is 5.32 Å². The van der Waals surface area contributed by atoms with E-state index in [1.807, 2.05) is 30.3 Å². The molecule has 1 heterocycles. The molecule has 1 amide bonds. The van der Waals surface area contributed by atoms with Gasteiger partial charge in [0.1, 0.15) is 24.4 Å². The van der Waals surface area contributed by atoms with E-state index >= 15 is 0 Å². The van der Waals surface area contributed by atoms with Crippen LogP contribution in [-0.4, -0.2) is 72.9 Å². The van der Waals surface area contributed by atoms with Gasteiger partial charge in [-0.25, -0.2) is 4.18 Å². The quantitative estimate of drug-likeness (QED) is 0.272. The number of aliphatic hydroxyl groups excluding tert-OH is 2. The number of carbonyl (C=O) groups is 1. The Labute approximate surface area is 175 Å². The first-order valence-corrected chi connectivity index (χ1v) is 10.8. The lowest BCUT2D eigenvalue weighted by atomic mass is 9.96. The summed E-state index contributed by atoms with van der Waals surface area (Å²) >= 11 is 0. The first kappa shape index (κ1) is 24.4. The Kier molecular flexibility index (Phi) is 9.37. The van der Waals surface area contributed by atoms with Gasteiger partial charge in [-0.1, -0.05) is 36.4 Å². The highest BCUT2D eigenvalue weighted by Gasteiger charge is 2.49. The van der Waals surface area contributed by atoms with E-state index in [9.17, 15) is 23.4 Å². The number of ether oxygens (including phenoxy) is 2. The minimum atomic E-state index is -4.98. The van der Waals surface area contributed by atoms with E-state index in [2.05, 4.69) is 16.1 Å². The summed E-state index contributed by atoms with van der Waals surface area (Å²) < 4.78 is 47.6. The molecule has 1 aromatic rings. The molecule has 1 aliphatic heterocycles. The Morgan fingerprint density at radius 1 is 1.30 bits per heavy atom. The highest BCUT2D eigenvalue weighted by atomic mass is 32.3. The Bertz CT molecular complexity index is 786. The predicted molar refractivity (Wildman–Crippen MR) is 106 cm³/mol. The molecule has 1 aliphatic rings. The van der Waals surface area contributed by atoms with Crippen LogP contribution in [-0.2, 0) is 35.3 Å². The molecule has 10 nitrogen and oxygen atoms in total. The van der Waals surface area contributed by atoms with Gasteiger partial charge in [0.05, 0.1) is 13.2 Å². The molecule has 30 heavy (non-hydrogen) atoms. The van der Waals surface area contributed by atoms with Crippen LogP contribution in [0.4, 0.5) is 0 Å². The van der Waals surface area contributed by atoms with Crippen LogP contribution in [0.2, 0.25) is 0 Å². The molecular weight excluding hydrogens is 418 g/mol. The average molecular weight is 445 g/mol. The number of nitrogens with one attached hydrogen (secondary N) is 1. The zero-order valence-corrected chi connectivity index (χ0v) is 17.1. The minimum absolute atomic E-state index is 0.0505. The maximum absolute atomic E-state index is 12.2. The van der Waals surface area contributed by atoms with Gasteiger partial charge in [-0.05, 0) is 18.4 Å². The normalized spacial score (nSPS) is 26.8. The number of aliphatic hydroxyl groups is 2. The average Bonchev–Trinajstić information content (AvgIpc) is 2.70. The molecule has 1 aromatic carbocycles. The summed E-state index contributed by atoms with van der Waals surface area (Å²) in [5.74, 6) is -0.487. The molecule has 4 N–H and O–H groups in total. The lowest BCUT2D eigenvalue weighted by Crippen LogP contribution is -2.65. The minimum Gasteiger partial charge on any atom is -0.394 e. The fraction of sp³-hybridized carbons (Fsp3) is 0.526. The van der Waals surface area contributed by atoms with E-state index in [4.69, 9.17) is 14.0 Å². The summed E-state index contributed by atoms with van der Waals surface area (Å²) in [7, 11) is -4.98. The standard InChI is InChI=1S/C19H27NO9S/c1-2-3-9-15(22)20-16-18(29-30(24,25)26)17(23)14(12-21)28-19(16)27-11-10-13-7-5-4-6-8-13/h2,4-8,14,16-19,21,23H,1,3,9-12H2,(H,20,22)(H,24,25,26)/t14-,16-,17-,18-,19+/m1/s1. The molecule has 2 rings (SSSR count). The van der Waals surface area contributed by atoms with Gasteiger partial charge in [0.2, 0.25) is 5.91 Å². The Hall–Kier alpha value is -1.86. The lowest BCUT2D eigenvalue weighted by Gasteiger charge is -2.43. The molecule has 0 radical (unpaired) electrons. The van der Waals surface area contributed by atoms with Crippen molar-refractivity contribution in [2.45, 2.75) is 49.9 Å². The molecule has 0 unspecified atom stereocenters. The summed E-state index contributed by atoms with van der Waals surface area (Å²) in [6, 6.07) is 8.12. The van der Waals surface area contributed by atoms with Gasteiger partial charge in [-0.15, -0.1) is 6.58 Å². The van der Waals surface area contributed by atoms with E-state index in [0.29, 0.717) is 12.8 Å². The maximum Gasteiger partial charge on any atom is 0.397 e. The second-order valence-electron chi connectivity index (χ2n) is 6.73. The van der Waals surface area contributed by atoms with Gasteiger partial charge in [0, 0.05) is 6.42 Å². The van der Waals surface area contributed by atoms with Crippen molar-refractivity contribution in [1.29, 1.82) is 0 Å². The van der Waals surface area contributed by atoms with E-state index in [0.717, 1.165) is 5.56 Å². The number of hydrogen-bond donors (Lipinski definition) is 4. The van der Waals surface area contributed by atoms with E-state index in [1.54, 1.807) is 0 Å². The van der Waals surface area contributed by atoms with Crippen LogP contribution in [0.3, 0.4) is 0 Å². The molecule has 5 atom stereocenters. The largest absolute Gasteiger partial charge is 0.397 e. The highest BCUT2D eigenvalue weighted by molar-refractivity contribution is 7.80. The van der Waals surface area contributed by atoms with Crippen LogP contribution in [0.5, 0.6) is 0 Å². The number of carbonyl (C=O) groups excluding carboxylic acids is 1. The molecule has 1 saturated heterocycles. The first-order valence-electron chi connectivity index (χ1n) is 9.41. The van der Waals surface area contributed by atoms with Crippen molar-refractivity contribution < 1.29 is 41.6 Å². The molecule has 0 spiro atoms. The number of allylic oxidation sites excluding steroid dienone is 1. The summed E-state index contributed by atoms with van der Waals surface area (Å²) in [6.07, 6.45) is -3.34. The molecule has 1 fully saturated rings. The van der Waals surface area contributed by atoms with Crippen LogP contribution >= 0.6 is 0 Å². The fourth-order valence-electron chi connectivity index (χ4n) is 3.05. The van der Waals surface area contributed by atoms with Crippen molar-refractivity contribution in [3.8, 4) is 0 Å². The summed E-state index contributed by atoms with van der Waals surface area (Å²) in [4.78, 5) is 12.2. The van der Waals surface area contributed by atoms with Crippen molar-refractivity contribution in [2.75, 3.05) is 13.2 Å². The molecule has 168 valence electrons. The number of amides is 1. The first-order chi connectivity index (χ1) is 14.2. The van der Waals surface area contributed by atoms with E-state index in [1.165, 1.54) is 6.08 Å². The van der Waals surface area contributed by atoms with Crippen LogP contribution in [0.1, 0.15) is 18.4 Å². The van der Waals surface area contributed by atoms with E-state index < -0.39 is 53.6 Å². The SMILES string of the molecule is C=CCCC(=O)N[C@H]1[C@@H](OCCc2ccccc2)O[C@H](CO)[C@@H](O)[C@@H]1OS(=O)(=O)O. The van der Waals surface area contributed by atoms with Gasteiger partial charge in [0.15, 0.2) is 6.29 Å². The zero-order chi connectivity index (χ0) is 22.1. The third-order valence-corrected chi connectivity index (χ3v) is 4.97. The Morgan fingerprint density at radius 3 is 2.60 bits per heavy atom. The van der Waals surface area contributed by atoms with Crippen molar-refractivity contribution in [2.24, 2.45) is 0 Å². The highest BCUT2D eigenvalue weighted by Crippen LogP contribution is 2.26. The summed E-state index contributed by atoms with van der Waals surface area (Å²) in [6.45, 7) is 3.00. The van der Waals surface area contributed by atoms with Crippen molar-refractivity contribution in [3.63, 3.8) is 0 Å². The summed E-state index contributed by atoms with van der Waals surface area (Å²) in [5, 5.41) is 22.4. The lowest BCUT2D eigenvalue weighted by molar-refractivity contribution is -0.266. The van der Waals surface area contributed by atoms with Crippen molar-refractivity contribution >= 4 is 16.3 Å². The van der Waals surface area contributed by atoms with Gasteiger partial charge < -0.3 is 25.0 Å². The third-order valence-electron chi connectivity index (χ3n) is 4.51. The molecule has 0 saturated carbocycles. The molecule has 11 heteroatoms. The molecule has 0 aliphatic carbocycles. The monoisotopic (exact) mass is 445 g/mol. The Balaban J connectivity index is 2.18. The van der Waals surface area contributed by atoms with Gasteiger partial charge in [-0.3, -0.25) is 9.35 Å². The molecular formula is C19H27NO9S. The summed E-state index contributed by atoms with van der Waals surface area (Å²) in [5.41, 5.74) is 0.976. The topological polar surface area (TPSA) is 152 Å². The van der Waals surface area contributed by atoms with Crippen LogP contribution in [0, 0.1) is 0 Å². The molecule has 0 bridgehead atoms. The number of rotatable bonds is 11. The molecule has 0 aromatic heterocycles. The van der Waals surface area contributed by atoms with Gasteiger partial charge in [0.25, 0.3) is 0 Å². The predicted octanol–water partition coefficient (Wildman–Crippen LogP) is -0.0372. The van der Waals surface area contributed by atoms with Crippen LogP contribution < -0.4 is 5.32 Å². The van der Waals surface area contributed by atoms with Gasteiger partial charge in [-0.2, -0.15) is 8.42 Å². The fourth-order valence-corrected chi connectivity index (χ4v) is 3.56. The number of hydrogen-bond acceptors (Lipinski definition) is 8. The van der Waals surface area contributed by atoms with Crippen LogP contribution in [0.25, 0.3) is 0 Å². The third kappa shape index (κ3) is 7.43. The van der Waals surface area contributed by atoms with E-state index in [-0.39, 0.29) is 13.0 Å². The van der Waals surface area contributed by atoms with Crippen molar-refractivity contribution in [3.05, 3.63) is 48.6 Å². The second kappa shape index (κ2) is 11.5. The maximum atomic E-state index is 12.2. The number of benzene rings is 1. The zero-order valence-electron chi connectivity index (χ0n) is 16.3.